The lowest BCUT2D eigenvalue weighted by Gasteiger charge is -2.27. The normalized spacial score (nSPS) is 23.1. The summed E-state index contributed by atoms with van der Waals surface area (Å²) in [5, 5.41) is 2.50. The summed E-state index contributed by atoms with van der Waals surface area (Å²) in [5.41, 5.74) is 0.685. The van der Waals surface area contributed by atoms with Crippen LogP contribution in [0.3, 0.4) is 0 Å². The third kappa shape index (κ3) is 3.85. The van der Waals surface area contributed by atoms with Gasteiger partial charge in [0.05, 0.1) is 15.9 Å². The number of aromatic nitrogens is 1. The molecule has 1 N–H and O–H groups in total. The molecule has 4 rings (SSSR count). The number of nitrogens with one attached hydrogen (secondary N) is 1. The maximum absolute atomic E-state index is 13.7. The number of carbonyl (C=O) groups is 2. The second-order valence-corrected chi connectivity index (χ2v) is 8.50. The van der Waals surface area contributed by atoms with E-state index in [2.05, 4.69) is 4.98 Å². The van der Waals surface area contributed by atoms with Crippen molar-refractivity contribution in [3.8, 4) is 10.4 Å². The van der Waals surface area contributed by atoms with Crippen molar-refractivity contribution >= 4 is 23.2 Å². The molecule has 2 unspecified atom stereocenters. The number of thiazole rings is 1. The minimum atomic E-state index is -4.97. The molecule has 154 valence electrons. The maximum atomic E-state index is 13.7. The highest BCUT2D eigenvalue weighted by atomic mass is 32.1. The molecule has 0 bridgehead atoms. The number of amides is 2. The maximum Gasteiger partial charge on any atom is 0.471 e. The Labute approximate surface area is 167 Å². The van der Waals surface area contributed by atoms with Gasteiger partial charge in [0.25, 0.3) is 5.91 Å². The molecular weight excluding hydrogens is 410 g/mol. The molecule has 0 radical (unpaired) electrons. The van der Waals surface area contributed by atoms with Gasteiger partial charge in [0.1, 0.15) is 11.5 Å². The van der Waals surface area contributed by atoms with E-state index < -0.39 is 29.8 Å². The first-order chi connectivity index (χ1) is 13.6. The van der Waals surface area contributed by atoms with E-state index in [1.54, 1.807) is 17.9 Å². The van der Waals surface area contributed by atoms with Crippen molar-refractivity contribution in [3.63, 3.8) is 0 Å². The molecule has 2 aromatic rings. The van der Waals surface area contributed by atoms with Crippen molar-refractivity contribution in [2.75, 3.05) is 6.54 Å². The van der Waals surface area contributed by atoms with Crippen molar-refractivity contribution in [2.45, 2.75) is 38.0 Å². The Hall–Kier alpha value is -2.49. The van der Waals surface area contributed by atoms with Crippen LogP contribution in [0.2, 0.25) is 0 Å². The van der Waals surface area contributed by atoms with Gasteiger partial charge in [-0.25, -0.2) is 9.37 Å². The lowest BCUT2D eigenvalue weighted by Crippen LogP contribution is -2.48. The van der Waals surface area contributed by atoms with Gasteiger partial charge in [0.2, 0.25) is 0 Å². The summed E-state index contributed by atoms with van der Waals surface area (Å²) < 4.78 is 51.1. The highest BCUT2D eigenvalue weighted by Crippen LogP contribution is 2.48. The van der Waals surface area contributed by atoms with Gasteiger partial charge in [0, 0.05) is 12.6 Å². The van der Waals surface area contributed by atoms with Crippen LogP contribution in [0.15, 0.2) is 24.3 Å². The van der Waals surface area contributed by atoms with Crippen LogP contribution in [0.25, 0.3) is 10.4 Å². The molecule has 1 aromatic carbocycles. The van der Waals surface area contributed by atoms with Gasteiger partial charge >= 0.3 is 12.1 Å². The second-order valence-electron chi connectivity index (χ2n) is 7.29. The fourth-order valence-corrected chi connectivity index (χ4v) is 4.79. The van der Waals surface area contributed by atoms with E-state index >= 15 is 0 Å². The van der Waals surface area contributed by atoms with E-state index in [9.17, 15) is 27.2 Å². The average Bonchev–Trinajstić information content (AvgIpc) is 3.13. The topological polar surface area (TPSA) is 62.3 Å². The summed E-state index contributed by atoms with van der Waals surface area (Å²) in [6.07, 6.45) is -3.65. The van der Waals surface area contributed by atoms with E-state index in [-0.39, 0.29) is 24.2 Å². The van der Waals surface area contributed by atoms with E-state index in [4.69, 9.17) is 0 Å². The van der Waals surface area contributed by atoms with Crippen molar-refractivity contribution in [3.05, 3.63) is 40.8 Å². The van der Waals surface area contributed by atoms with Crippen molar-refractivity contribution in [1.29, 1.82) is 0 Å². The molecular formula is C19H17F4N3O2S. The average molecular weight is 427 g/mol. The first-order valence-corrected chi connectivity index (χ1v) is 9.88. The van der Waals surface area contributed by atoms with E-state index in [1.165, 1.54) is 29.5 Å². The summed E-state index contributed by atoms with van der Waals surface area (Å²) >= 11 is 1.26. The van der Waals surface area contributed by atoms with Crippen molar-refractivity contribution in [2.24, 2.45) is 5.92 Å². The molecule has 0 spiro atoms. The Kier molecular flexibility index (Phi) is 4.84. The minimum absolute atomic E-state index is 0.0577. The fourth-order valence-electron chi connectivity index (χ4n) is 3.89. The number of aryl methyl sites for hydroxylation is 1. The highest BCUT2D eigenvalue weighted by Gasteiger charge is 2.54. The Morgan fingerprint density at radius 1 is 1.31 bits per heavy atom. The smallest absolute Gasteiger partial charge is 0.346 e. The van der Waals surface area contributed by atoms with Gasteiger partial charge in [-0.05, 0) is 43.4 Å². The molecule has 2 fully saturated rings. The first-order valence-electron chi connectivity index (χ1n) is 9.06. The van der Waals surface area contributed by atoms with Crippen LogP contribution in [0.5, 0.6) is 0 Å². The molecule has 1 saturated carbocycles. The third-order valence-electron chi connectivity index (χ3n) is 5.22. The number of carbonyl (C=O) groups excluding carboxylic acids is 2. The number of rotatable bonds is 4. The summed E-state index contributed by atoms with van der Waals surface area (Å²) in [5.74, 6) is -2.63. The molecule has 5 nitrogen and oxygen atoms in total. The van der Waals surface area contributed by atoms with Gasteiger partial charge in [-0.2, -0.15) is 13.2 Å². The van der Waals surface area contributed by atoms with E-state index in [0.29, 0.717) is 21.9 Å². The standard InChI is InChI=1S/C19H17F4N3O2S/c1-9-25-15(16(29-9)10-3-2-4-12(20)5-10)17(27)26-13(6-11-7-14(11)26)8-24-18(28)19(21,22)23/h2-5,11,13-14H,6-8H2,1H3,(H,24,28)/t11?,13?,14-/m0/s1. The molecule has 2 heterocycles. The molecule has 2 amide bonds. The molecule has 29 heavy (non-hydrogen) atoms. The van der Waals surface area contributed by atoms with Crippen LogP contribution in [-0.4, -0.2) is 46.5 Å². The first kappa shape index (κ1) is 19.8. The van der Waals surface area contributed by atoms with Crippen LogP contribution in [0.1, 0.15) is 28.3 Å². The quantitative estimate of drug-likeness (QED) is 0.760. The van der Waals surface area contributed by atoms with Crippen molar-refractivity contribution in [1.82, 2.24) is 15.2 Å². The number of fused-ring (bicyclic) bond motifs is 1. The van der Waals surface area contributed by atoms with Gasteiger partial charge < -0.3 is 10.2 Å². The molecule has 1 aliphatic heterocycles. The molecule has 2 aliphatic rings. The van der Waals surface area contributed by atoms with Gasteiger partial charge in [-0.15, -0.1) is 11.3 Å². The van der Waals surface area contributed by atoms with Gasteiger partial charge in [0.15, 0.2) is 0 Å². The highest BCUT2D eigenvalue weighted by molar-refractivity contribution is 7.15. The van der Waals surface area contributed by atoms with Crippen LogP contribution in [0, 0.1) is 18.7 Å². The lowest BCUT2D eigenvalue weighted by molar-refractivity contribution is -0.173. The Bertz CT molecular complexity index is 975. The van der Waals surface area contributed by atoms with E-state index in [1.807, 2.05) is 5.32 Å². The predicted molar refractivity (Wildman–Crippen MR) is 97.8 cm³/mol. The summed E-state index contributed by atoms with van der Waals surface area (Å²) in [4.78, 5) is 30.8. The summed E-state index contributed by atoms with van der Waals surface area (Å²) in [6.45, 7) is 1.46. The zero-order valence-electron chi connectivity index (χ0n) is 15.3. The number of halogens is 4. The zero-order chi connectivity index (χ0) is 20.9. The molecule has 3 atom stereocenters. The fraction of sp³-hybridized carbons (Fsp3) is 0.421. The molecule has 10 heteroatoms. The van der Waals surface area contributed by atoms with E-state index in [0.717, 1.165) is 6.42 Å². The predicted octanol–water partition coefficient (Wildman–Crippen LogP) is 3.54. The van der Waals surface area contributed by atoms with Gasteiger partial charge in [-0.3, -0.25) is 9.59 Å². The Morgan fingerprint density at radius 2 is 2.07 bits per heavy atom. The molecule has 1 aliphatic carbocycles. The summed E-state index contributed by atoms with van der Waals surface area (Å²) in [6, 6.07) is 5.24. The number of hydrogen-bond donors (Lipinski definition) is 1. The van der Waals surface area contributed by atoms with Crippen molar-refractivity contribution < 1.29 is 27.2 Å². The van der Waals surface area contributed by atoms with Crippen LogP contribution < -0.4 is 5.32 Å². The summed E-state index contributed by atoms with van der Waals surface area (Å²) in [7, 11) is 0. The number of hydrogen-bond acceptors (Lipinski definition) is 4. The largest absolute Gasteiger partial charge is 0.471 e. The molecule has 1 saturated heterocycles. The molecule has 1 aromatic heterocycles. The number of benzene rings is 1. The van der Waals surface area contributed by atoms with Crippen LogP contribution in [0.4, 0.5) is 17.6 Å². The second kappa shape index (κ2) is 7.08. The third-order valence-corrected chi connectivity index (χ3v) is 6.24. The Morgan fingerprint density at radius 3 is 2.76 bits per heavy atom. The van der Waals surface area contributed by atoms with Gasteiger partial charge in [-0.1, -0.05) is 12.1 Å². The number of piperidine rings is 1. The SMILES string of the molecule is Cc1nc(C(=O)N2C(CNC(=O)C(F)(F)F)CC3C[C@@H]32)c(-c2cccc(F)c2)s1. The monoisotopic (exact) mass is 427 g/mol. The Balaban J connectivity index is 1.58. The number of alkyl halides is 3. The number of nitrogens with zero attached hydrogens (tertiary/aromatic N) is 2. The zero-order valence-corrected chi connectivity index (χ0v) is 16.1. The van der Waals surface area contributed by atoms with Crippen LogP contribution in [-0.2, 0) is 4.79 Å². The number of likely N-dealkylation sites (tertiary alicyclic amines) is 1. The lowest BCUT2D eigenvalue weighted by atomic mass is 10.1. The minimum Gasteiger partial charge on any atom is -0.346 e. The van der Waals surface area contributed by atoms with Crippen LogP contribution >= 0.6 is 11.3 Å².